The molecule has 100 valence electrons. The van der Waals surface area contributed by atoms with E-state index >= 15 is 0 Å². The van der Waals surface area contributed by atoms with Gasteiger partial charge in [-0.1, -0.05) is 28.1 Å². The van der Waals surface area contributed by atoms with Crippen molar-refractivity contribution < 1.29 is 19.5 Å². The zero-order valence-electron chi connectivity index (χ0n) is 10.2. The lowest BCUT2D eigenvalue weighted by Crippen LogP contribution is -2.37. The first-order valence-corrected chi connectivity index (χ1v) is 6.51. The van der Waals surface area contributed by atoms with Crippen molar-refractivity contribution in [2.24, 2.45) is 0 Å². The van der Waals surface area contributed by atoms with Crippen LogP contribution in [0.25, 0.3) is 0 Å². The van der Waals surface area contributed by atoms with E-state index in [1.807, 2.05) is 0 Å². The number of aliphatic carboxylic acids is 1. The molecule has 1 atom stereocenters. The number of rotatable bonds is 4. The van der Waals surface area contributed by atoms with Crippen LogP contribution in [0.3, 0.4) is 0 Å². The molecule has 1 aromatic carbocycles. The van der Waals surface area contributed by atoms with Gasteiger partial charge in [0.25, 0.3) is 11.8 Å². The lowest BCUT2D eigenvalue weighted by Gasteiger charge is -2.20. The Morgan fingerprint density at radius 2 is 1.74 bits per heavy atom. The number of carboxylic acid groups (broad SMARTS) is 1. The van der Waals surface area contributed by atoms with Gasteiger partial charge in [0.2, 0.25) is 0 Å². The number of imide groups is 1. The molecule has 1 aromatic rings. The predicted octanol–water partition coefficient (Wildman–Crippen LogP) is 1.91. The van der Waals surface area contributed by atoms with Gasteiger partial charge in [-0.05, 0) is 25.5 Å². The number of carbonyl (C=O) groups excluding carboxylic acids is 2. The van der Waals surface area contributed by atoms with Gasteiger partial charge in [0.05, 0.1) is 11.1 Å². The third kappa shape index (κ3) is 2.40. The molecule has 19 heavy (non-hydrogen) atoms. The highest BCUT2D eigenvalue weighted by Gasteiger charge is 2.37. The molecular weight excluding hydrogens is 314 g/mol. The van der Waals surface area contributed by atoms with Crippen LogP contribution in [0, 0.1) is 0 Å². The van der Waals surface area contributed by atoms with Gasteiger partial charge >= 0.3 is 5.97 Å². The van der Waals surface area contributed by atoms with E-state index in [2.05, 4.69) is 15.9 Å². The van der Waals surface area contributed by atoms with Crippen molar-refractivity contribution >= 4 is 33.7 Å². The Morgan fingerprint density at radius 1 is 1.26 bits per heavy atom. The number of carbonyl (C=O) groups is 3. The third-order valence-electron chi connectivity index (χ3n) is 3.13. The highest BCUT2D eigenvalue weighted by atomic mass is 79.9. The number of nitrogens with zero attached hydrogens (tertiary/aromatic N) is 1. The summed E-state index contributed by atoms with van der Waals surface area (Å²) in [6.07, 6.45) is 0.147. The zero-order valence-corrected chi connectivity index (χ0v) is 11.8. The fraction of sp³-hybridized carbons (Fsp3) is 0.308. The Hall–Kier alpha value is -1.69. The minimum Gasteiger partial charge on any atom is -0.480 e. The van der Waals surface area contributed by atoms with Gasteiger partial charge in [0.15, 0.2) is 0 Å². The predicted molar refractivity (Wildman–Crippen MR) is 71.4 cm³/mol. The Balaban J connectivity index is 2.15. The van der Waals surface area contributed by atoms with Gasteiger partial charge in [-0.15, -0.1) is 0 Å². The summed E-state index contributed by atoms with van der Waals surface area (Å²) in [5.41, 5.74) is 0.748. The molecule has 0 aliphatic carbocycles. The molecule has 0 saturated heterocycles. The SMILES string of the molecule is CC(Br)(CCN1C(=O)c2ccccc2C1=O)C(=O)O. The number of halogens is 1. The van der Waals surface area contributed by atoms with Crippen LogP contribution in [0.5, 0.6) is 0 Å². The van der Waals surface area contributed by atoms with Crippen LogP contribution in [0.15, 0.2) is 24.3 Å². The van der Waals surface area contributed by atoms with Crippen molar-refractivity contribution in [3.8, 4) is 0 Å². The molecule has 1 heterocycles. The van der Waals surface area contributed by atoms with E-state index in [0.717, 1.165) is 4.90 Å². The third-order valence-corrected chi connectivity index (χ3v) is 3.86. The van der Waals surface area contributed by atoms with Crippen LogP contribution in [0.2, 0.25) is 0 Å². The van der Waals surface area contributed by atoms with Gasteiger partial charge in [-0.25, -0.2) is 0 Å². The molecule has 1 aliphatic heterocycles. The van der Waals surface area contributed by atoms with Gasteiger partial charge in [-0.2, -0.15) is 0 Å². The van der Waals surface area contributed by atoms with Crippen LogP contribution < -0.4 is 0 Å². The molecule has 2 rings (SSSR count). The number of amides is 2. The Labute approximate surface area is 118 Å². The average Bonchev–Trinajstić information content (AvgIpc) is 2.60. The molecule has 0 spiro atoms. The Kier molecular flexibility index (Phi) is 3.45. The van der Waals surface area contributed by atoms with Crippen molar-refractivity contribution in [3.05, 3.63) is 35.4 Å². The van der Waals surface area contributed by atoms with Crippen molar-refractivity contribution in [1.29, 1.82) is 0 Å². The lowest BCUT2D eigenvalue weighted by atomic mass is 10.1. The molecule has 2 amide bonds. The second-order valence-electron chi connectivity index (χ2n) is 4.56. The molecule has 0 bridgehead atoms. The molecule has 0 saturated carbocycles. The van der Waals surface area contributed by atoms with Gasteiger partial charge in [-0.3, -0.25) is 19.3 Å². The quantitative estimate of drug-likeness (QED) is 0.677. The van der Waals surface area contributed by atoms with Crippen molar-refractivity contribution in [3.63, 3.8) is 0 Å². The summed E-state index contributed by atoms with van der Waals surface area (Å²) < 4.78 is -1.15. The van der Waals surface area contributed by atoms with Gasteiger partial charge < -0.3 is 5.11 Å². The molecule has 6 heteroatoms. The summed E-state index contributed by atoms with van der Waals surface area (Å²) in [5, 5.41) is 8.99. The van der Waals surface area contributed by atoms with E-state index in [-0.39, 0.29) is 24.8 Å². The number of fused-ring (bicyclic) bond motifs is 1. The standard InChI is InChI=1S/C13H12BrNO4/c1-13(14,12(18)19)6-7-15-10(16)8-4-2-3-5-9(8)11(15)17/h2-5H,6-7H2,1H3,(H,18,19). The van der Waals surface area contributed by atoms with Crippen molar-refractivity contribution in [2.75, 3.05) is 6.54 Å². The lowest BCUT2D eigenvalue weighted by molar-refractivity contribution is -0.139. The van der Waals surface area contributed by atoms with Crippen LogP contribution in [0.1, 0.15) is 34.1 Å². The highest BCUT2D eigenvalue weighted by Crippen LogP contribution is 2.27. The van der Waals surface area contributed by atoms with Crippen LogP contribution in [-0.4, -0.2) is 38.7 Å². The second-order valence-corrected chi connectivity index (χ2v) is 6.31. The molecule has 1 N–H and O–H groups in total. The minimum absolute atomic E-state index is 0.0698. The maximum absolute atomic E-state index is 12.0. The summed E-state index contributed by atoms with van der Waals surface area (Å²) in [6, 6.07) is 6.58. The van der Waals surface area contributed by atoms with E-state index in [1.165, 1.54) is 6.92 Å². The summed E-state index contributed by atoms with van der Waals surface area (Å²) in [7, 11) is 0. The smallest absolute Gasteiger partial charge is 0.320 e. The summed E-state index contributed by atoms with van der Waals surface area (Å²) in [4.78, 5) is 36.1. The summed E-state index contributed by atoms with van der Waals surface area (Å²) in [5.74, 6) is -1.76. The molecule has 0 radical (unpaired) electrons. The Morgan fingerprint density at radius 3 is 2.16 bits per heavy atom. The van der Waals surface area contributed by atoms with E-state index < -0.39 is 10.3 Å². The largest absolute Gasteiger partial charge is 0.480 e. The monoisotopic (exact) mass is 325 g/mol. The van der Waals surface area contributed by atoms with Crippen molar-refractivity contribution in [2.45, 2.75) is 17.7 Å². The number of hydrogen-bond donors (Lipinski definition) is 1. The number of hydrogen-bond acceptors (Lipinski definition) is 3. The van der Waals surface area contributed by atoms with Gasteiger partial charge in [0.1, 0.15) is 4.32 Å². The van der Waals surface area contributed by atoms with E-state index in [0.29, 0.717) is 11.1 Å². The summed E-state index contributed by atoms with van der Waals surface area (Å²) in [6.45, 7) is 1.56. The fourth-order valence-electron chi connectivity index (χ4n) is 1.87. The molecule has 1 unspecified atom stereocenters. The van der Waals surface area contributed by atoms with Crippen LogP contribution in [0.4, 0.5) is 0 Å². The number of alkyl halides is 1. The Bertz CT molecular complexity index is 533. The van der Waals surface area contributed by atoms with E-state index in [1.54, 1.807) is 24.3 Å². The first kappa shape index (κ1) is 13.7. The molecule has 5 nitrogen and oxygen atoms in total. The van der Waals surface area contributed by atoms with E-state index in [9.17, 15) is 14.4 Å². The molecule has 0 aromatic heterocycles. The van der Waals surface area contributed by atoms with Gasteiger partial charge in [0, 0.05) is 6.54 Å². The fourth-order valence-corrected chi connectivity index (χ4v) is 2.05. The number of carboxylic acids is 1. The zero-order chi connectivity index (χ0) is 14.2. The molecular formula is C13H12BrNO4. The average molecular weight is 326 g/mol. The first-order valence-electron chi connectivity index (χ1n) is 5.72. The van der Waals surface area contributed by atoms with Crippen LogP contribution in [-0.2, 0) is 4.79 Å². The maximum atomic E-state index is 12.0. The molecule has 1 aliphatic rings. The second kappa shape index (κ2) is 4.77. The normalized spacial score (nSPS) is 17.3. The highest BCUT2D eigenvalue weighted by molar-refractivity contribution is 9.10. The first-order chi connectivity index (χ1) is 8.84. The van der Waals surface area contributed by atoms with E-state index in [4.69, 9.17) is 5.11 Å². The minimum atomic E-state index is -1.15. The van der Waals surface area contributed by atoms with Crippen molar-refractivity contribution in [1.82, 2.24) is 4.90 Å². The maximum Gasteiger partial charge on any atom is 0.320 e. The van der Waals surface area contributed by atoms with Crippen LogP contribution >= 0.6 is 15.9 Å². The summed E-state index contributed by atoms with van der Waals surface area (Å²) >= 11 is 3.08. The topological polar surface area (TPSA) is 74.7 Å². The molecule has 0 fully saturated rings. The number of benzene rings is 1.